The van der Waals surface area contributed by atoms with E-state index in [4.69, 9.17) is 0 Å². The Morgan fingerprint density at radius 1 is 1.06 bits per heavy atom. The minimum atomic E-state index is -0.0502. The Hall–Kier alpha value is -3.13. The second kappa shape index (κ2) is 9.02. The zero-order valence-corrected chi connectivity index (χ0v) is 19.7. The molecule has 0 unspecified atom stereocenters. The monoisotopic (exact) mass is 461 g/mol. The lowest BCUT2D eigenvalue weighted by Gasteiger charge is -2.28. The Morgan fingerprint density at radius 2 is 1.82 bits per heavy atom. The van der Waals surface area contributed by atoms with Crippen LogP contribution in [-0.2, 0) is 24.3 Å². The van der Waals surface area contributed by atoms with E-state index in [0.29, 0.717) is 35.3 Å². The fraction of sp³-hybridized carbons (Fsp3) is 0.360. The molecule has 4 aromatic rings. The average Bonchev–Trinajstić information content (AvgIpc) is 3.26. The molecule has 2 aromatic carbocycles. The van der Waals surface area contributed by atoms with Crippen LogP contribution in [-0.4, -0.2) is 42.3 Å². The van der Waals surface area contributed by atoms with Crippen LogP contribution in [0, 0.1) is 5.92 Å². The second-order valence-corrected chi connectivity index (χ2v) is 9.84. The molecule has 1 aliphatic rings. The van der Waals surface area contributed by atoms with Crippen molar-refractivity contribution in [2.75, 3.05) is 12.3 Å². The summed E-state index contributed by atoms with van der Waals surface area (Å²) in [7, 11) is 0. The van der Waals surface area contributed by atoms with Crippen LogP contribution in [0.5, 0.6) is 0 Å². The number of aryl methyl sites for hydroxylation is 1. The van der Waals surface area contributed by atoms with Crippen molar-refractivity contribution in [3.63, 3.8) is 0 Å². The van der Waals surface area contributed by atoms with E-state index in [1.54, 1.807) is 4.57 Å². The SMILES string of the molecule is CC(C)CCn1c(=O)c2ccccc2n2c(SCC(=O)N3CCc4ccccc4C3)nnc12. The number of hydrogen-bond donors (Lipinski definition) is 0. The molecular weight excluding hydrogens is 434 g/mol. The number of fused-ring (bicyclic) bond motifs is 4. The number of carbonyl (C=O) groups excluding carboxylic acids is 1. The molecule has 170 valence electrons. The average molecular weight is 462 g/mol. The van der Waals surface area contributed by atoms with E-state index in [0.717, 1.165) is 24.9 Å². The first-order valence-electron chi connectivity index (χ1n) is 11.4. The van der Waals surface area contributed by atoms with E-state index in [1.807, 2.05) is 45.7 Å². The van der Waals surface area contributed by atoms with E-state index in [-0.39, 0.29) is 17.2 Å². The number of benzene rings is 2. The minimum absolute atomic E-state index is 0.0502. The van der Waals surface area contributed by atoms with Crippen LogP contribution in [0.1, 0.15) is 31.4 Å². The van der Waals surface area contributed by atoms with Gasteiger partial charge in [0.05, 0.1) is 16.7 Å². The van der Waals surface area contributed by atoms with Crippen molar-refractivity contribution in [1.82, 2.24) is 24.1 Å². The predicted octanol–water partition coefficient (Wildman–Crippen LogP) is 3.77. The fourth-order valence-corrected chi connectivity index (χ4v) is 5.18. The van der Waals surface area contributed by atoms with Gasteiger partial charge >= 0.3 is 0 Å². The first-order chi connectivity index (χ1) is 16.0. The molecule has 0 radical (unpaired) electrons. The summed E-state index contributed by atoms with van der Waals surface area (Å²) in [5.41, 5.74) is 3.26. The Labute approximate surface area is 196 Å². The Bertz CT molecular complexity index is 1390. The topological polar surface area (TPSA) is 72.5 Å². The molecule has 5 rings (SSSR count). The highest BCUT2D eigenvalue weighted by atomic mass is 32.2. The summed E-state index contributed by atoms with van der Waals surface area (Å²) in [6.45, 7) is 6.24. The standard InChI is InChI=1S/C25H27N5O2S/c1-17(2)11-14-29-23(32)20-9-5-6-10-21(20)30-24(29)26-27-25(30)33-16-22(31)28-13-12-18-7-3-4-8-19(18)15-28/h3-10,17H,11-16H2,1-2H3. The summed E-state index contributed by atoms with van der Waals surface area (Å²) >= 11 is 1.38. The number of carbonyl (C=O) groups is 1. The summed E-state index contributed by atoms with van der Waals surface area (Å²) < 4.78 is 3.63. The van der Waals surface area contributed by atoms with Gasteiger partial charge < -0.3 is 4.90 Å². The van der Waals surface area contributed by atoms with Gasteiger partial charge in [0.1, 0.15) is 0 Å². The van der Waals surface area contributed by atoms with Crippen molar-refractivity contribution < 1.29 is 4.79 Å². The van der Waals surface area contributed by atoms with Crippen LogP contribution in [0.2, 0.25) is 0 Å². The number of nitrogens with zero attached hydrogens (tertiary/aromatic N) is 5. The van der Waals surface area contributed by atoms with Gasteiger partial charge in [-0.1, -0.05) is 62.0 Å². The molecule has 0 saturated heterocycles. The van der Waals surface area contributed by atoms with Crippen molar-refractivity contribution in [2.24, 2.45) is 5.92 Å². The van der Waals surface area contributed by atoms with Gasteiger partial charge in [0.2, 0.25) is 11.7 Å². The minimum Gasteiger partial charge on any atom is -0.337 e. The fourth-order valence-electron chi connectivity index (χ4n) is 4.34. The number of rotatable bonds is 6. The summed E-state index contributed by atoms with van der Waals surface area (Å²) in [6.07, 6.45) is 1.76. The van der Waals surface area contributed by atoms with Crippen LogP contribution in [0.4, 0.5) is 0 Å². The normalized spacial score (nSPS) is 13.7. The Kier molecular flexibility index (Phi) is 5.93. The maximum absolute atomic E-state index is 13.2. The van der Waals surface area contributed by atoms with Crippen LogP contribution < -0.4 is 5.56 Å². The van der Waals surface area contributed by atoms with Crippen LogP contribution in [0.15, 0.2) is 58.5 Å². The summed E-state index contributed by atoms with van der Waals surface area (Å²) in [5, 5.41) is 9.99. The van der Waals surface area contributed by atoms with E-state index in [1.165, 1.54) is 22.9 Å². The number of hydrogen-bond acceptors (Lipinski definition) is 5. The van der Waals surface area contributed by atoms with Crippen molar-refractivity contribution >= 4 is 34.3 Å². The van der Waals surface area contributed by atoms with E-state index < -0.39 is 0 Å². The highest BCUT2D eigenvalue weighted by Gasteiger charge is 2.22. The summed E-state index contributed by atoms with van der Waals surface area (Å²) in [6, 6.07) is 15.8. The highest BCUT2D eigenvalue weighted by molar-refractivity contribution is 7.99. The maximum Gasteiger partial charge on any atom is 0.262 e. The van der Waals surface area contributed by atoms with Crippen molar-refractivity contribution in [3.05, 3.63) is 70.0 Å². The predicted molar refractivity (Wildman–Crippen MR) is 130 cm³/mol. The molecule has 8 heteroatoms. The third kappa shape index (κ3) is 4.15. The van der Waals surface area contributed by atoms with Gasteiger partial charge in [0.15, 0.2) is 5.16 Å². The van der Waals surface area contributed by atoms with E-state index >= 15 is 0 Å². The van der Waals surface area contributed by atoms with Gasteiger partial charge in [-0.3, -0.25) is 18.6 Å². The lowest BCUT2D eigenvalue weighted by molar-refractivity contribution is -0.129. The summed E-state index contributed by atoms with van der Waals surface area (Å²) in [5.74, 6) is 1.36. The molecule has 0 spiro atoms. The van der Waals surface area contributed by atoms with Crippen LogP contribution in [0.3, 0.4) is 0 Å². The molecule has 2 aromatic heterocycles. The number of aromatic nitrogens is 4. The molecule has 3 heterocycles. The van der Waals surface area contributed by atoms with Gasteiger partial charge in [-0.15, -0.1) is 10.2 Å². The number of para-hydroxylation sites is 1. The Balaban J connectivity index is 1.43. The third-order valence-corrected chi connectivity index (χ3v) is 7.13. The maximum atomic E-state index is 13.2. The molecule has 0 saturated carbocycles. The lowest BCUT2D eigenvalue weighted by atomic mass is 10.00. The van der Waals surface area contributed by atoms with Gasteiger partial charge in [0, 0.05) is 19.6 Å². The molecule has 1 aliphatic heterocycles. The zero-order chi connectivity index (χ0) is 22.9. The number of amides is 1. The van der Waals surface area contributed by atoms with E-state index in [2.05, 4.69) is 36.2 Å². The largest absolute Gasteiger partial charge is 0.337 e. The highest BCUT2D eigenvalue weighted by Crippen LogP contribution is 2.24. The molecule has 0 atom stereocenters. The molecular formula is C25H27N5O2S. The third-order valence-electron chi connectivity index (χ3n) is 6.22. The molecule has 0 aliphatic carbocycles. The quantitative estimate of drug-likeness (QED) is 0.409. The first-order valence-corrected chi connectivity index (χ1v) is 12.4. The molecule has 0 bridgehead atoms. The van der Waals surface area contributed by atoms with Gasteiger partial charge in [-0.25, -0.2) is 0 Å². The molecule has 7 nitrogen and oxygen atoms in total. The number of thioether (sulfide) groups is 1. The van der Waals surface area contributed by atoms with Crippen LogP contribution >= 0.6 is 11.8 Å². The van der Waals surface area contributed by atoms with E-state index in [9.17, 15) is 9.59 Å². The van der Waals surface area contributed by atoms with Crippen LogP contribution in [0.25, 0.3) is 16.7 Å². The molecule has 1 amide bonds. The van der Waals surface area contributed by atoms with Crippen molar-refractivity contribution in [2.45, 2.75) is 44.9 Å². The first kappa shape index (κ1) is 21.7. The molecule has 0 N–H and O–H groups in total. The smallest absolute Gasteiger partial charge is 0.262 e. The zero-order valence-electron chi connectivity index (χ0n) is 18.9. The van der Waals surface area contributed by atoms with Crippen molar-refractivity contribution in [3.8, 4) is 0 Å². The van der Waals surface area contributed by atoms with Gasteiger partial charge in [-0.2, -0.15) is 0 Å². The molecule has 33 heavy (non-hydrogen) atoms. The summed E-state index contributed by atoms with van der Waals surface area (Å²) in [4.78, 5) is 28.1. The van der Waals surface area contributed by atoms with Gasteiger partial charge in [0.25, 0.3) is 5.56 Å². The van der Waals surface area contributed by atoms with Gasteiger partial charge in [-0.05, 0) is 42.0 Å². The molecule has 0 fully saturated rings. The van der Waals surface area contributed by atoms with Crippen molar-refractivity contribution in [1.29, 1.82) is 0 Å². The lowest BCUT2D eigenvalue weighted by Crippen LogP contribution is -2.37. The second-order valence-electron chi connectivity index (χ2n) is 8.90. The Morgan fingerprint density at radius 3 is 2.64 bits per heavy atom.